The van der Waals surface area contributed by atoms with E-state index in [1.165, 1.54) is 19.2 Å². The van der Waals surface area contributed by atoms with Gasteiger partial charge < -0.3 is 15.8 Å². The smallest absolute Gasteiger partial charge is 0.242 e. The summed E-state index contributed by atoms with van der Waals surface area (Å²) in [6.45, 7) is 0.189. The highest BCUT2D eigenvalue weighted by Gasteiger charge is 2.21. The number of halogens is 2. The third-order valence-corrected chi connectivity index (χ3v) is 4.72. The minimum Gasteiger partial charge on any atom is -0.396 e. The molecule has 0 aliphatic rings. The van der Waals surface area contributed by atoms with Crippen molar-refractivity contribution in [3.8, 4) is 0 Å². The first-order chi connectivity index (χ1) is 9.79. The number of hydrogen-bond acceptors (Lipinski definition) is 5. The van der Waals surface area contributed by atoms with E-state index in [0.717, 1.165) is 0 Å². The van der Waals surface area contributed by atoms with Crippen molar-refractivity contribution >= 4 is 44.8 Å². The normalized spacial score (nSPS) is 11.4. The number of nitrogens with one attached hydrogen (secondary N) is 2. The van der Waals surface area contributed by atoms with Crippen LogP contribution in [0.25, 0.3) is 0 Å². The van der Waals surface area contributed by atoms with Crippen LogP contribution in [0.3, 0.4) is 0 Å². The summed E-state index contributed by atoms with van der Waals surface area (Å²) in [5, 5.41) is 2.44. The monoisotopic (exact) mass is 355 g/mol. The fourth-order valence-electron chi connectivity index (χ4n) is 1.35. The second-order valence-electron chi connectivity index (χ2n) is 3.94. The van der Waals surface area contributed by atoms with Crippen molar-refractivity contribution in [2.24, 2.45) is 0 Å². The first-order valence-corrected chi connectivity index (χ1v) is 8.02. The van der Waals surface area contributed by atoms with Crippen LogP contribution in [-0.2, 0) is 19.6 Å². The van der Waals surface area contributed by atoms with E-state index in [-0.39, 0.29) is 27.2 Å². The lowest BCUT2D eigenvalue weighted by Gasteiger charge is -2.10. The zero-order chi connectivity index (χ0) is 16.0. The SMILES string of the molecule is COCCNC(=O)CNS(=O)(=O)c1ccc(Cl)c(N)c1Cl. The average molecular weight is 356 g/mol. The van der Waals surface area contributed by atoms with Crippen molar-refractivity contribution in [2.45, 2.75) is 4.90 Å². The Bertz CT molecular complexity index is 622. The van der Waals surface area contributed by atoms with Crippen molar-refractivity contribution in [2.75, 3.05) is 32.5 Å². The minimum atomic E-state index is -3.97. The molecule has 0 fully saturated rings. The van der Waals surface area contributed by atoms with Crippen molar-refractivity contribution < 1.29 is 17.9 Å². The van der Waals surface area contributed by atoms with Gasteiger partial charge in [0.25, 0.3) is 0 Å². The van der Waals surface area contributed by atoms with E-state index < -0.39 is 22.5 Å². The molecule has 0 atom stereocenters. The van der Waals surface area contributed by atoms with E-state index in [9.17, 15) is 13.2 Å². The van der Waals surface area contributed by atoms with E-state index in [4.69, 9.17) is 33.7 Å². The largest absolute Gasteiger partial charge is 0.396 e. The van der Waals surface area contributed by atoms with E-state index in [0.29, 0.717) is 6.61 Å². The molecule has 0 aliphatic carbocycles. The maximum atomic E-state index is 12.1. The lowest BCUT2D eigenvalue weighted by Crippen LogP contribution is -2.38. The highest BCUT2D eigenvalue weighted by Crippen LogP contribution is 2.32. The fraction of sp³-hybridized carbons (Fsp3) is 0.364. The Balaban J connectivity index is 2.75. The van der Waals surface area contributed by atoms with Crippen molar-refractivity contribution in [3.63, 3.8) is 0 Å². The molecule has 0 heterocycles. The van der Waals surface area contributed by atoms with E-state index in [1.807, 2.05) is 0 Å². The molecule has 4 N–H and O–H groups in total. The predicted octanol–water partition coefficient (Wildman–Crippen LogP) is 0.617. The molecule has 0 aliphatic heterocycles. The van der Waals surface area contributed by atoms with Crippen LogP contribution in [0.4, 0.5) is 5.69 Å². The van der Waals surface area contributed by atoms with Gasteiger partial charge >= 0.3 is 0 Å². The van der Waals surface area contributed by atoms with Gasteiger partial charge in [-0.05, 0) is 12.1 Å². The summed E-state index contributed by atoms with van der Waals surface area (Å²) in [5.74, 6) is -0.492. The average Bonchev–Trinajstić information content (AvgIpc) is 2.43. The standard InChI is InChI=1S/C11H15Cl2N3O4S/c1-20-5-4-15-9(17)6-16-21(18,19)8-3-2-7(12)11(14)10(8)13/h2-3,16H,4-6,14H2,1H3,(H,15,17). The lowest BCUT2D eigenvalue weighted by atomic mass is 10.3. The van der Waals surface area contributed by atoms with Crippen LogP contribution in [0.5, 0.6) is 0 Å². The van der Waals surface area contributed by atoms with Gasteiger partial charge in [-0.3, -0.25) is 4.79 Å². The van der Waals surface area contributed by atoms with Gasteiger partial charge in [-0.25, -0.2) is 13.1 Å². The van der Waals surface area contributed by atoms with Crippen molar-refractivity contribution in [1.29, 1.82) is 0 Å². The molecule has 1 amide bonds. The number of ether oxygens (including phenoxy) is 1. The summed E-state index contributed by atoms with van der Waals surface area (Å²) in [6, 6.07) is 2.53. The van der Waals surface area contributed by atoms with Crippen molar-refractivity contribution in [1.82, 2.24) is 10.0 Å². The molecule has 0 saturated carbocycles. The summed E-state index contributed by atoms with van der Waals surface area (Å²) in [5.41, 5.74) is 5.53. The van der Waals surface area contributed by atoms with Crippen LogP contribution in [0, 0.1) is 0 Å². The summed E-state index contributed by atoms with van der Waals surface area (Å²) in [7, 11) is -2.48. The molecule has 0 saturated heterocycles. The Morgan fingerprint density at radius 2 is 2.05 bits per heavy atom. The third kappa shape index (κ3) is 5.01. The topological polar surface area (TPSA) is 111 Å². The van der Waals surface area contributed by atoms with E-state index in [1.54, 1.807) is 0 Å². The number of nitrogen functional groups attached to an aromatic ring is 1. The first-order valence-electron chi connectivity index (χ1n) is 5.78. The Kier molecular flexibility index (Phi) is 6.69. The zero-order valence-electron chi connectivity index (χ0n) is 11.2. The predicted molar refractivity (Wildman–Crippen MR) is 80.9 cm³/mol. The number of nitrogens with two attached hydrogens (primary N) is 1. The Hall–Kier alpha value is -1.06. The van der Waals surface area contributed by atoms with Gasteiger partial charge in [0.15, 0.2) is 0 Å². The summed E-state index contributed by atoms with van der Waals surface area (Å²) < 4.78 is 31.0. The number of rotatable bonds is 7. The molecule has 0 spiro atoms. The minimum absolute atomic E-state index is 0.0363. The summed E-state index contributed by atoms with van der Waals surface area (Å²) in [4.78, 5) is 11.2. The third-order valence-electron chi connectivity index (χ3n) is 2.43. The number of methoxy groups -OCH3 is 1. The van der Waals surface area contributed by atoms with Gasteiger partial charge in [-0.2, -0.15) is 0 Å². The van der Waals surface area contributed by atoms with Crippen LogP contribution in [0.2, 0.25) is 10.0 Å². The van der Waals surface area contributed by atoms with Gasteiger partial charge in [0.05, 0.1) is 28.9 Å². The van der Waals surface area contributed by atoms with Crippen LogP contribution in [0.15, 0.2) is 17.0 Å². The second kappa shape index (κ2) is 7.81. The maximum absolute atomic E-state index is 12.1. The van der Waals surface area contributed by atoms with Gasteiger partial charge in [-0.1, -0.05) is 23.2 Å². The molecule has 118 valence electrons. The molecule has 0 radical (unpaired) electrons. The molecular weight excluding hydrogens is 341 g/mol. The molecule has 1 aromatic carbocycles. The van der Waals surface area contributed by atoms with Gasteiger partial charge in [0, 0.05) is 13.7 Å². The molecule has 1 rings (SSSR count). The zero-order valence-corrected chi connectivity index (χ0v) is 13.5. The maximum Gasteiger partial charge on any atom is 0.242 e. The van der Waals surface area contributed by atoms with Gasteiger partial charge in [-0.15, -0.1) is 0 Å². The molecule has 10 heteroatoms. The van der Waals surface area contributed by atoms with Gasteiger partial charge in [0.2, 0.25) is 15.9 Å². The Labute approximate surface area is 132 Å². The van der Waals surface area contributed by atoms with Crippen LogP contribution >= 0.6 is 23.2 Å². The number of carbonyl (C=O) groups excluding carboxylic acids is 1. The van der Waals surface area contributed by atoms with E-state index in [2.05, 4.69) is 10.0 Å². The highest BCUT2D eigenvalue weighted by atomic mass is 35.5. The Morgan fingerprint density at radius 1 is 1.38 bits per heavy atom. The van der Waals surface area contributed by atoms with Crippen LogP contribution < -0.4 is 15.8 Å². The highest BCUT2D eigenvalue weighted by molar-refractivity contribution is 7.89. The molecule has 7 nitrogen and oxygen atoms in total. The quantitative estimate of drug-likeness (QED) is 0.490. The lowest BCUT2D eigenvalue weighted by molar-refractivity contribution is -0.120. The van der Waals surface area contributed by atoms with Gasteiger partial charge in [0.1, 0.15) is 4.90 Å². The molecule has 0 aromatic heterocycles. The molecular formula is C11H15Cl2N3O4S. The first kappa shape index (κ1) is 18.0. The Morgan fingerprint density at radius 3 is 2.67 bits per heavy atom. The molecule has 1 aromatic rings. The van der Waals surface area contributed by atoms with E-state index >= 15 is 0 Å². The number of sulfonamides is 1. The number of amides is 1. The molecule has 0 unspecified atom stereocenters. The number of carbonyl (C=O) groups is 1. The molecule has 21 heavy (non-hydrogen) atoms. The number of hydrogen-bond donors (Lipinski definition) is 3. The fourth-order valence-corrected chi connectivity index (χ4v) is 3.10. The second-order valence-corrected chi connectivity index (χ2v) is 6.46. The van der Waals surface area contributed by atoms with Crippen molar-refractivity contribution in [3.05, 3.63) is 22.2 Å². The number of benzene rings is 1. The summed E-state index contributed by atoms with van der Waals surface area (Å²) in [6.07, 6.45) is 0. The summed E-state index contributed by atoms with van der Waals surface area (Å²) >= 11 is 11.6. The van der Waals surface area contributed by atoms with Crippen LogP contribution in [0.1, 0.15) is 0 Å². The van der Waals surface area contributed by atoms with Crippen LogP contribution in [-0.4, -0.2) is 41.1 Å². The number of anilines is 1. The molecule has 0 bridgehead atoms.